The van der Waals surface area contributed by atoms with Crippen LogP contribution in [0.15, 0.2) is 24.3 Å². The first-order valence-electron chi connectivity index (χ1n) is 8.82. The summed E-state index contributed by atoms with van der Waals surface area (Å²) in [5.74, 6) is 0.292. The lowest BCUT2D eigenvalue weighted by Crippen LogP contribution is -2.52. The molecule has 1 aromatic rings. The fourth-order valence-corrected chi connectivity index (χ4v) is 4.20. The van der Waals surface area contributed by atoms with Gasteiger partial charge in [0.1, 0.15) is 5.82 Å². The lowest BCUT2D eigenvalue weighted by molar-refractivity contribution is -0.148. The minimum atomic E-state index is -0.397. The number of rotatable bonds is 4. The van der Waals surface area contributed by atoms with E-state index in [1.54, 1.807) is 7.11 Å². The molecule has 0 aromatic heterocycles. The van der Waals surface area contributed by atoms with Crippen LogP contribution >= 0.6 is 12.4 Å². The van der Waals surface area contributed by atoms with Crippen LogP contribution in [0.1, 0.15) is 37.7 Å². The van der Waals surface area contributed by atoms with Gasteiger partial charge in [-0.25, -0.2) is 4.39 Å². The van der Waals surface area contributed by atoms with Gasteiger partial charge in [0.25, 0.3) is 0 Å². The second-order valence-corrected chi connectivity index (χ2v) is 7.25. The number of hydrogen-bond donors (Lipinski definition) is 1. The molecule has 2 heterocycles. The molecule has 0 radical (unpaired) electrons. The van der Waals surface area contributed by atoms with Gasteiger partial charge in [-0.1, -0.05) is 12.1 Å². The van der Waals surface area contributed by atoms with Crippen molar-refractivity contribution >= 4 is 18.3 Å². The number of nitrogens with zero attached hydrogens (tertiary/aromatic N) is 1. The second-order valence-electron chi connectivity index (χ2n) is 7.25. The van der Waals surface area contributed by atoms with Gasteiger partial charge in [-0.3, -0.25) is 4.79 Å². The number of benzene rings is 1. The van der Waals surface area contributed by atoms with Crippen LogP contribution in [0.25, 0.3) is 0 Å². The summed E-state index contributed by atoms with van der Waals surface area (Å²) in [5.41, 5.74) is 0.719. The molecule has 3 rings (SSSR count). The van der Waals surface area contributed by atoms with E-state index in [-0.39, 0.29) is 36.1 Å². The minimum absolute atomic E-state index is 0. The highest BCUT2D eigenvalue weighted by Crippen LogP contribution is 2.38. The molecule has 140 valence electrons. The van der Waals surface area contributed by atoms with Crippen molar-refractivity contribution in [2.24, 2.45) is 5.41 Å². The zero-order valence-electron chi connectivity index (χ0n) is 15.0. The normalized spacial score (nSPS) is 25.5. The van der Waals surface area contributed by atoms with E-state index < -0.39 is 5.41 Å². The molecule has 0 saturated carbocycles. The molecular formula is C19H28ClFN2O2. The van der Waals surface area contributed by atoms with Crippen molar-refractivity contribution in [1.29, 1.82) is 0 Å². The maximum absolute atomic E-state index is 13.3. The molecule has 2 aliphatic rings. The van der Waals surface area contributed by atoms with Crippen molar-refractivity contribution in [2.45, 2.75) is 38.1 Å². The Balaban J connectivity index is 0.00000225. The van der Waals surface area contributed by atoms with Crippen LogP contribution in [-0.4, -0.2) is 50.2 Å². The summed E-state index contributed by atoms with van der Waals surface area (Å²) in [6, 6.07) is 6.90. The number of carbonyl (C=O) groups excluding carboxylic acids is 1. The Labute approximate surface area is 155 Å². The summed E-state index contributed by atoms with van der Waals surface area (Å²) >= 11 is 0. The average molecular weight is 371 g/mol. The first-order chi connectivity index (χ1) is 11.6. The molecule has 6 heteroatoms. The molecule has 2 aliphatic heterocycles. The molecule has 2 saturated heterocycles. The number of hydrogen-bond acceptors (Lipinski definition) is 3. The van der Waals surface area contributed by atoms with Crippen molar-refractivity contribution in [1.82, 2.24) is 10.2 Å². The first kappa shape index (κ1) is 20.1. The molecule has 2 fully saturated rings. The maximum Gasteiger partial charge on any atom is 0.231 e. The van der Waals surface area contributed by atoms with E-state index in [1.165, 1.54) is 12.1 Å². The predicted molar refractivity (Wildman–Crippen MR) is 98.6 cm³/mol. The van der Waals surface area contributed by atoms with Gasteiger partial charge in [-0.2, -0.15) is 0 Å². The van der Waals surface area contributed by atoms with Crippen molar-refractivity contribution < 1.29 is 13.9 Å². The van der Waals surface area contributed by atoms with Crippen LogP contribution < -0.4 is 5.32 Å². The van der Waals surface area contributed by atoms with Crippen LogP contribution in [0.2, 0.25) is 0 Å². The van der Waals surface area contributed by atoms with Crippen molar-refractivity contribution in [3.63, 3.8) is 0 Å². The number of piperidine rings is 1. The molecular weight excluding hydrogens is 343 g/mol. The second kappa shape index (κ2) is 8.47. The standard InChI is InChI=1S/C19H27FN2O2.ClH/c1-14-11-16(15-3-5-17(20)6-4-15)12-22(14)18(23)19(13-24-2)7-9-21-10-8-19;/h3-6,14,16,21H,7-13H2,1-2H3;1H. The number of amides is 1. The van der Waals surface area contributed by atoms with Crippen LogP contribution in [0.3, 0.4) is 0 Å². The van der Waals surface area contributed by atoms with Crippen LogP contribution in [0, 0.1) is 11.2 Å². The summed E-state index contributed by atoms with van der Waals surface area (Å²) in [6.07, 6.45) is 2.58. The molecule has 2 unspecified atom stereocenters. The van der Waals surface area contributed by atoms with Gasteiger partial charge in [0.15, 0.2) is 0 Å². The Kier molecular flexibility index (Phi) is 6.83. The fourth-order valence-electron chi connectivity index (χ4n) is 4.20. The van der Waals surface area contributed by atoms with Crippen molar-refractivity contribution in [2.75, 3.05) is 33.4 Å². The highest BCUT2D eigenvalue weighted by molar-refractivity contribution is 5.85. The van der Waals surface area contributed by atoms with E-state index in [0.717, 1.165) is 37.9 Å². The van der Waals surface area contributed by atoms with E-state index in [1.807, 2.05) is 17.0 Å². The molecule has 2 atom stereocenters. The largest absolute Gasteiger partial charge is 0.384 e. The van der Waals surface area contributed by atoms with E-state index >= 15 is 0 Å². The number of likely N-dealkylation sites (tertiary alicyclic amines) is 1. The van der Waals surface area contributed by atoms with Gasteiger partial charge in [0.05, 0.1) is 12.0 Å². The lowest BCUT2D eigenvalue weighted by atomic mass is 9.78. The fraction of sp³-hybridized carbons (Fsp3) is 0.632. The molecule has 4 nitrogen and oxygen atoms in total. The third kappa shape index (κ3) is 4.15. The Hall–Kier alpha value is -1.17. The molecule has 1 N–H and O–H groups in total. The van der Waals surface area contributed by atoms with Crippen LogP contribution in [-0.2, 0) is 9.53 Å². The number of halogens is 2. The van der Waals surface area contributed by atoms with Gasteiger partial charge < -0.3 is 15.0 Å². The summed E-state index contributed by atoms with van der Waals surface area (Å²) in [6.45, 7) is 5.03. The molecule has 1 amide bonds. The third-order valence-electron chi connectivity index (χ3n) is 5.61. The van der Waals surface area contributed by atoms with Crippen molar-refractivity contribution in [3.05, 3.63) is 35.6 Å². The molecule has 1 aromatic carbocycles. The van der Waals surface area contributed by atoms with Crippen LogP contribution in [0.4, 0.5) is 4.39 Å². The lowest BCUT2D eigenvalue weighted by Gasteiger charge is -2.39. The van der Waals surface area contributed by atoms with E-state index in [4.69, 9.17) is 4.74 Å². The summed E-state index contributed by atoms with van der Waals surface area (Å²) in [7, 11) is 1.67. The van der Waals surface area contributed by atoms with Gasteiger partial charge in [0, 0.05) is 25.6 Å². The predicted octanol–water partition coefficient (Wildman–Crippen LogP) is 2.97. The Bertz CT molecular complexity index is 570. The number of carbonyl (C=O) groups is 1. The van der Waals surface area contributed by atoms with E-state index in [0.29, 0.717) is 13.2 Å². The molecule has 0 bridgehead atoms. The highest BCUT2D eigenvalue weighted by atomic mass is 35.5. The molecule has 0 aliphatic carbocycles. The van der Waals surface area contributed by atoms with Gasteiger partial charge in [-0.15, -0.1) is 12.4 Å². The smallest absolute Gasteiger partial charge is 0.231 e. The zero-order chi connectivity index (χ0) is 17.2. The molecule has 0 spiro atoms. The van der Waals surface area contributed by atoms with Gasteiger partial charge in [0.2, 0.25) is 5.91 Å². The number of nitrogens with one attached hydrogen (secondary N) is 1. The number of methoxy groups -OCH3 is 1. The zero-order valence-corrected chi connectivity index (χ0v) is 15.8. The van der Waals surface area contributed by atoms with Crippen LogP contribution in [0.5, 0.6) is 0 Å². The monoisotopic (exact) mass is 370 g/mol. The topological polar surface area (TPSA) is 41.6 Å². The Morgan fingerprint density at radius 2 is 1.96 bits per heavy atom. The average Bonchev–Trinajstić information content (AvgIpc) is 2.97. The third-order valence-corrected chi connectivity index (χ3v) is 5.61. The first-order valence-corrected chi connectivity index (χ1v) is 8.82. The molecule has 25 heavy (non-hydrogen) atoms. The van der Waals surface area contributed by atoms with E-state index in [2.05, 4.69) is 12.2 Å². The minimum Gasteiger partial charge on any atom is -0.384 e. The number of ether oxygens (including phenoxy) is 1. The SMILES string of the molecule is COCC1(C(=O)N2CC(c3ccc(F)cc3)CC2C)CCNCC1.Cl. The Morgan fingerprint density at radius 3 is 2.56 bits per heavy atom. The van der Waals surface area contributed by atoms with Gasteiger partial charge >= 0.3 is 0 Å². The van der Waals surface area contributed by atoms with Crippen molar-refractivity contribution in [3.8, 4) is 0 Å². The quantitative estimate of drug-likeness (QED) is 0.886. The Morgan fingerprint density at radius 1 is 1.32 bits per heavy atom. The summed E-state index contributed by atoms with van der Waals surface area (Å²) < 4.78 is 18.6. The summed E-state index contributed by atoms with van der Waals surface area (Å²) in [5, 5.41) is 3.33. The van der Waals surface area contributed by atoms with E-state index in [9.17, 15) is 9.18 Å². The van der Waals surface area contributed by atoms with Gasteiger partial charge in [-0.05, 0) is 57.0 Å². The maximum atomic E-state index is 13.3. The highest BCUT2D eigenvalue weighted by Gasteiger charge is 2.45. The summed E-state index contributed by atoms with van der Waals surface area (Å²) in [4.78, 5) is 15.3.